The number of carbonyl (C=O) groups is 3. The Morgan fingerprint density at radius 1 is 0.905 bits per heavy atom. The van der Waals surface area contributed by atoms with Crippen LogP contribution in [-0.2, 0) is 22.0 Å². The summed E-state index contributed by atoms with van der Waals surface area (Å²) in [5.41, 5.74) is 4.37. The van der Waals surface area contributed by atoms with E-state index >= 15 is 0 Å². The van der Waals surface area contributed by atoms with Gasteiger partial charge in [0.1, 0.15) is 11.7 Å². The minimum absolute atomic E-state index is 0.179. The number of hydrogen-bond donors (Lipinski definition) is 2. The van der Waals surface area contributed by atoms with Gasteiger partial charge in [0.15, 0.2) is 11.6 Å². The van der Waals surface area contributed by atoms with E-state index in [1.54, 1.807) is 30.3 Å². The van der Waals surface area contributed by atoms with Gasteiger partial charge in [-0.3, -0.25) is 14.4 Å². The first-order valence-corrected chi connectivity index (χ1v) is 14.9. The van der Waals surface area contributed by atoms with E-state index in [0.717, 1.165) is 22.1 Å². The molecule has 1 unspecified atom stereocenters. The molecule has 0 fully saturated rings. The molecule has 1 aliphatic rings. The summed E-state index contributed by atoms with van der Waals surface area (Å²) in [6.45, 7) is 12.4. The molecule has 0 saturated heterocycles. The summed E-state index contributed by atoms with van der Waals surface area (Å²) in [5, 5.41) is 14.8. The number of Topliss-reactive ketones (excluding diaryl/α,β-unsaturated/α-hetero) is 2. The highest BCUT2D eigenvalue weighted by Crippen LogP contribution is 2.40. The summed E-state index contributed by atoms with van der Waals surface area (Å²) in [6.07, 6.45) is 0.733. The molecule has 1 aromatic heterocycles. The fourth-order valence-electron chi connectivity index (χ4n) is 5.54. The summed E-state index contributed by atoms with van der Waals surface area (Å²) in [7, 11) is 0. The quantitative estimate of drug-likeness (QED) is 0.219. The van der Waals surface area contributed by atoms with E-state index in [1.807, 2.05) is 30.3 Å². The normalized spacial score (nSPS) is 15.3. The minimum Gasteiger partial charge on any atom is -0.507 e. The number of aromatic hydroxyl groups is 1. The second kappa shape index (κ2) is 10.8. The van der Waals surface area contributed by atoms with Crippen molar-refractivity contribution in [2.45, 2.75) is 71.1 Å². The fraction of sp³-hybridized carbons (Fsp3) is 0.314. The van der Waals surface area contributed by atoms with Crippen LogP contribution in [0.3, 0.4) is 0 Å². The smallest absolute Gasteiger partial charge is 0.224 e. The number of phenols is 1. The van der Waals surface area contributed by atoms with Gasteiger partial charge in [-0.05, 0) is 52.1 Å². The lowest BCUT2D eigenvalue weighted by molar-refractivity contribution is -0.116. The van der Waals surface area contributed by atoms with Crippen molar-refractivity contribution in [3.8, 4) is 5.75 Å². The summed E-state index contributed by atoms with van der Waals surface area (Å²) >= 11 is 3.40. The number of benzene rings is 3. The number of fused-ring (bicyclic) bond motifs is 2. The van der Waals surface area contributed by atoms with Gasteiger partial charge >= 0.3 is 0 Å². The molecule has 0 aliphatic heterocycles. The van der Waals surface area contributed by atoms with Crippen molar-refractivity contribution in [2.75, 3.05) is 5.32 Å². The topological polar surface area (TPSA) is 96.4 Å². The molecule has 1 heterocycles. The third-order valence-electron chi connectivity index (χ3n) is 7.79. The maximum Gasteiger partial charge on any atom is 0.224 e. The Bertz CT molecular complexity index is 1730. The molecule has 0 spiro atoms. The van der Waals surface area contributed by atoms with E-state index in [9.17, 15) is 19.5 Å². The second-order valence-electron chi connectivity index (χ2n) is 13.0. The maximum atomic E-state index is 13.3. The van der Waals surface area contributed by atoms with E-state index in [4.69, 9.17) is 4.98 Å². The van der Waals surface area contributed by atoms with E-state index in [1.165, 1.54) is 0 Å². The molecule has 0 bridgehead atoms. The molecule has 5 rings (SSSR count). The van der Waals surface area contributed by atoms with E-state index in [2.05, 4.69) is 62.8 Å². The van der Waals surface area contributed by atoms with Crippen LogP contribution in [0.2, 0.25) is 0 Å². The SMILES string of the molecule is CC(C)(C)c1cc(CCC(=O)Nc2cccc3ccc(C4C(=O)c5cccc(Br)c5C4=O)nc23)cc(C(C)(C)C)c1O. The predicted octanol–water partition coefficient (Wildman–Crippen LogP) is 8.03. The zero-order valence-electron chi connectivity index (χ0n) is 24.8. The molecule has 6 nitrogen and oxygen atoms in total. The van der Waals surface area contributed by atoms with Crippen molar-refractivity contribution >= 4 is 50.0 Å². The molecule has 1 amide bonds. The number of nitrogens with zero attached hydrogens (tertiary/aromatic N) is 1. The van der Waals surface area contributed by atoms with Gasteiger partial charge in [-0.25, -0.2) is 4.98 Å². The van der Waals surface area contributed by atoms with E-state index in [-0.39, 0.29) is 34.7 Å². The molecule has 3 aromatic carbocycles. The number of halogens is 1. The molecule has 0 saturated carbocycles. The first-order chi connectivity index (χ1) is 19.7. The predicted molar refractivity (Wildman–Crippen MR) is 170 cm³/mol. The molecule has 2 N–H and O–H groups in total. The molecule has 7 heteroatoms. The largest absolute Gasteiger partial charge is 0.507 e. The van der Waals surface area contributed by atoms with Crippen LogP contribution in [-0.4, -0.2) is 27.6 Å². The summed E-state index contributed by atoms with van der Waals surface area (Å²) in [4.78, 5) is 44.4. The Balaban J connectivity index is 1.40. The Morgan fingerprint density at radius 3 is 2.17 bits per heavy atom. The van der Waals surface area contributed by atoms with Crippen molar-refractivity contribution < 1.29 is 19.5 Å². The van der Waals surface area contributed by atoms with E-state index in [0.29, 0.717) is 44.7 Å². The Morgan fingerprint density at radius 2 is 1.55 bits per heavy atom. The first kappa shape index (κ1) is 29.6. The van der Waals surface area contributed by atoms with Crippen molar-refractivity contribution in [3.05, 3.63) is 98.6 Å². The van der Waals surface area contributed by atoms with Crippen LogP contribution in [0.4, 0.5) is 5.69 Å². The van der Waals surface area contributed by atoms with Gasteiger partial charge in [0.25, 0.3) is 0 Å². The van der Waals surface area contributed by atoms with Crippen LogP contribution in [0.15, 0.2) is 65.1 Å². The molecule has 4 aromatic rings. The number of rotatable bonds is 5. The van der Waals surface area contributed by atoms with Gasteiger partial charge in [0, 0.05) is 27.4 Å². The molecule has 1 atom stereocenters. The van der Waals surface area contributed by atoms with Crippen LogP contribution in [0.1, 0.15) is 97.0 Å². The number of para-hydroxylation sites is 1. The Labute approximate surface area is 254 Å². The highest BCUT2D eigenvalue weighted by atomic mass is 79.9. The van der Waals surface area contributed by atoms with Gasteiger partial charge in [0.05, 0.1) is 16.9 Å². The zero-order chi connectivity index (χ0) is 30.6. The van der Waals surface area contributed by atoms with Crippen LogP contribution in [0.25, 0.3) is 10.9 Å². The number of amides is 1. The second-order valence-corrected chi connectivity index (χ2v) is 13.9. The highest BCUT2D eigenvalue weighted by molar-refractivity contribution is 9.10. The number of hydrogen-bond acceptors (Lipinski definition) is 5. The minimum atomic E-state index is -1.02. The van der Waals surface area contributed by atoms with Crippen molar-refractivity contribution in [1.82, 2.24) is 4.98 Å². The lowest BCUT2D eigenvalue weighted by Crippen LogP contribution is -2.18. The molecular formula is C35H35BrN2O4. The fourth-order valence-corrected chi connectivity index (χ4v) is 6.11. The monoisotopic (exact) mass is 626 g/mol. The summed E-state index contributed by atoms with van der Waals surface area (Å²) in [5.74, 6) is -1.44. The van der Waals surface area contributed by atoms with Crippen LogP contribution < -0.4 is 5.32 Å². The third kappa shape index (κ3) is 5.50. The molecule has 0 radical (unpaired) electrons. The van der Waals surface area contributed by atoms with Gasteiger partial charge in [-0.2, -0.15) is 0 Å². The summed E-state index contributed by atoms with van der Waals surface area (Å²) in [6, 6.07) is 18.2. The van der Waals surface area contributed by atoms with Crippen LogP contribution >= 0.6 is 15.9 Å². The van der Waals surface area contributed by atoms with Gasteiger partial charge in [0.2, 0.25) is 5.91 Å². The zero-order valence-corrected chi connectivity index (χ0v) is 26.3. The summed E-state index contributed by atoms with van der Waals surface area (Å²) < 4.78 is 0.590. The number of ketones is 2. The average molecular weight is 628 g/mol. The van der Waals surface area contributed by atoms with Crippen molar-refractivity contribution in [1.29, 1.82) is 0 Å². The number of anilines is 1. The van der Waals surface area contributed by atoms with Crippen LogP contribution in [0, 0.1) is 0 Å². The van der Waals surface area contributed by atoms with Crippen molar-refractivity contribution in [2.24, 2.45) is 0 Å². The van der Waals surface area contributed by atoms with Gasteiger partial charge in [-0.1, -0.05) is 99.9 Å². The average Bonchev–Trinajstić information content (AvgIpc) is 3.17. The Kier molecular flexibility index (Phi) is 7.60. The molecule has 216 valence electrons. The molecule has 42 heavy (non-hydrogen) atoms. The number of pyridine rings is 1. The lowest BCUT2D eigenvalue weighted by atomic mass is 9.78. The number of nitrogens with one attached hydrogen (secondary N) is 1. The first-order valence-electron chi connectivity index (χ1n) is 14.1. The lowest BCUT2D eigenvalue weighted by Gasteiger charge is -2.28. The highest BCUT2D eigenvalue weighted by Gasteiger charge is 2.41. The third-order valence-corrected chi connectivity index (χ3v) is 8.45. The Hall–Kier alpha value is -3.84. The van der Waals surface area contributed by atoms with Crippen LogP contribution in [0.5, 0.6) is 5.75 Å². The number of carbonyl (C=O) groups excluding carboxylic acids is 3. The van der Waals surface area contributed by atoms with Crippen molar-refractivity contribution in [3.63, 3.8) is 0 Å². The number of phenolic OH excluding ortho intramolecular Hbond substituents is 1. The maximum absolute atomic E-state index is 13.3. The number of aromatic nitrogens is 1. The van der Waals surface area contributed by atoms with Gasteiger partial charge in [-0.15, -0.1) is 0 Å². The standard InChI is InChI=1S/C35H35BrN2O4/c1-34(2,3)22-17-19(18-23(32(22)41)35(4,5)6)13-16-27(39)37-26-12-7-9-20-14-15-25(38-30(20)26)29-31(40)21-10-8-11-24(36)28(21)33(29)42/h7-12,14-15,17-18,29,41H,13,16H2,1-6H3,(H,37,39). The molecular weight excluding hydrogens is 592 g/mol. The van der Waals surface area contributed by atoms with E-state index < -0.39 is 5.92 Å². The number of aryl methyl sites for hydroxylation is 1. The van der Waals surface area contributed by atoms with Gasteiger partial charge < -0.3 is 10.4 Å². The molecule has 1 aliphatic carbocycles.